The number of aromatic nitrogens is 9. The van der Waals surface area contributed by atoms with Crippen LogP contribution in [0.25, 0.3) is 12.2 Å². The number of benzene rings is 1. The highest BCUT2D eigenvalue weighted by Crippen LogP contribution is 2.27. The fraction of sp³-hybridized carbons (Fsp3) is 0.190. The largest absolute Gasteiger partial charge is 0.355 e. The number of fused-ring (bicyclic) bond motifs is 1. The number of aromatic amines is 1. The maximum absolute atomic E-state index is 14.5. The summed E-state index contributed by atoms with van der Waals surface area (Å²) in [5.41, 5.74) is -0.500. The van der Waals surface area contributed by atoms with Crippen LogP contribution in [0.2, 0.25) is 0 Å². The molecule has 1 aromatic carbocycles. The molecule has 0 amide bonds. The van der Waals surface area contributed by atoms with Crippen molar-refractivity contribution < 1.29 is 13.2 Å². The maximum Gasteiger partial charge on any atom is 0.355 e. The van der Waals surface area contributed by atoms with E-state index in [0.717, 1.165) is 4.57 Å². The Morgan fingerprint density at radius 1 is 1.08 bits per heavy atom. The first kappa shape index (κ1) is 24.2. The molecule has 0 atom stereocenters. The van der Waals surface area contributed by atoms with E-state index >= 15 is 0 Å². The minimum Gasteiger partial charge on any atom is -0.329 e. The van der Waals surface area contributed by atoms with Gasteiger partial charge in [0.05, 0.1) is 18.8 Å². The Morgan fingerprint density at radius 2 is 1.86 bits per heavy atom. The Labute approximate surface area is 209 Å². The summed E-state index contributed by atoms with van der Waals surface area (Å²) >= 11 is 6.34. The Balaban J connectivity index is 1.62. The van der Waals surface area contributed by atoms with Gasteiger partial charge in [0.25, 0.3) is 0 Å². The van der Waals surface area contributed by atoms with E-state index < -0.39 is 41.9 Å². The van der Waals surface area contributed by atoms with Gasteiger partial charge in [0.2, 0.25) is 5.95 Å². The second-order valence-corrected chi connectivity index (χ2v) is 8.55. The summed E-state index contributed by atoms with van der Waals surface area (Å²) in [4.78, 5) is 30.1. The number of anilines is 1. The lowest BCUT2D eigenvalue weighted by Gasteiger charge is -2.17. The van der Waals surface area contributed by atoms with Gasteiger partial charge >= 0.3 is 11.4 Å². The molecule has 16 heteroatoms. The van der Waals surface area contributed by atoms with Crippen molar-refractivity contribution in [2.45, 2.75) is 19.5 Å². The van der Waals surface area contributed by atoms with E-state index in [9.17, 15) is 22.8 Å². The minimum absolute atomic E-state index is 0.0137. The summed E-state index contributed by atoms with van der Waals surface area (Å²) in [6.07, 6.45) is 5.28. The molecule has 0 spiro atoms. The van der Waals surface area contributed by atoms with Crippen molar-refractivity contribution in [2.24, 2.45) is 7.05 Å². The fourth-order valence-electron chi connectivity index (χ4n) is 3.74. The summed E-state index contributed by atoms with van der Waals surface area (Å²) in [6, 6.07) is 0.996. The zero-order chi connectivity index (χ0) is 26.3. The van der Waals surface area contributed by atoms with Crippen LogP contribution in [0.1, 0.15) is 29.1 Å². The molecular formula is C21H16ClF3N10O2. The topological polar surface area (TPSA) is 141 Å². The SMILES string of the molecule is Cn1cc2c(n1)C=C(Cl)CC(Nc1nc(=O)n(Cc3nn[nH]n3)c(=O)n1Cc1cc(F)c(F)cc1F)=C2. The number of nitrogens with one attached hydrogen (secondary N) is 2. The number of tetrazole rings is 1. The molecule has 0 saturated heterocycles. The molecule has 37 heavy (non-hydrogen) atoms. The van der Waals surface area contributed by atoms with Crippen LogP contribution >= 0.6 is 11.6 Å². The van der Waals surface area contributed by atoms with Gasteiger partial charge in [-0.05, 0) is 18.2 Å². The molecule has 1 aliphatic carbocycles. The van der Waals surface area contributed by atoms with Crippen molar-refractivity contribution in [2.75, 3.05) is 5.32 Å². The van der Waals surface area contributed by atoms with Gasteiger partial charge in [-0.2, -0.15) is 15.3 Å². The van der Waals surface area contributed by atoms with Crippen LogP contribution in [0, 0.1) is 17.5 Å². The zero-order valence-corrected chi connectivity index (χ0v) is 19.7. The Morgan fingerprint density at radius 3 is 2.62 bits per heavy atom. The summed E-state index contributed by atoms with van der Waals surface area (Å²) < 4.78 is 45.0. The molecule has 0 saturated carbocycles. The summed E-state index contributed by atoms with van der Waals surface area (Å²) in [6.45, 7) is -0.975. The molecule has 0 fully saturated rings. The lowest BCUT2D eigenvalue weighted by Crippen LogP contribution is -2.43. The van der Waals surface area contributed by atoms with Crippen LogP contribution in [-0.4, -0.2) is 44.5 Å². The van der Waals surface area contributed by atoms with Gasteiger partial charge in [-0.3, -0.25) is 9.25 Å². The lowest BCUT2D eigenvalue weighted by atomic mass is 10.2. The molecule has 1 aliphatic rings. The predicted molar refractivity (Wildman–Crippen MR) is 125 cm³/mol. The van der Waals surface area contributed by atoms with Gasteiger partial charge in [-0.25, -0.2) is 27.3 Å². The van der Waals surface area contributed by atoms with Crippen molar-refractivity contribution >= 4 is 29.7 Å². The lowest BCUT2D eigenvalue weighted by molar-refractivity contribution is 0.485. The van der Waals surface area contributed by atoms with Gasteiger partial charge in [-0.1, -0.05) is 16.8 Å². The number of hydrogen-bond acceptors (Lipinski definition) is 8. The smallest absolute Gasteiger partial charge is 0.329 e. The third-order valence-electron chi connectivity index (χ3n) is 5.40. The third kappa shape index (κ3) is 4.93. The molecule has 0 radical (unpaired) electrons. The Hall–Kier alpha value is -4.53. The van der Waals surface area contributed by atoms with Crippen LogP contribution in [-0.2, 0) is 20.1 Å². The van der Waals surface area contributed by atoms with E-state index in [1.165, 1.54) is 0 Å². The van der Waals surface area contributed by atoms with Crippen LogP contribution in [0.4, 0.5) is 19.1 Å². The highest BCUT2D eigenvalue weighted by atomic mass is 35.5. The van der Waals surface area contributed by atoms with Gasteiger partial charge in [-0.15, -0.1) is 10.2 Å². The van der Waals surface area contributed by atoms with E-state index in [1.54, 1.807) is 30.1 Å². The number of aryl methyl sites for hydroxylation is 1. The summed E-state index contributed by atoms with van der Waals surface area (Å²) in [5, 5.41) is 20.6. The molecule has 5 rings (SSSR count). The van der Waals surface area contributed by atoms with Crippen molar-refractivity contribution in [3.63, 3.8) is 0 Å². The van der Waals surface area contributed by atoms with Gasteiger partial charge < -0.3 is 5.32 Å². The van der Waals surface area contributed by atoms with E-state index in [1.807, 2.05) is 0 Å². The van der Waals surface area contributed by atoms with Crippen LogP contribution in [0.5, 0.6) is 0 Å². The summed E-state index contributed by atoms with van der Waals surface area (Å²) in [5.74, 6) is -4.04. The Kier molecular flexibility index (Phi) is 6.20. The van der Waals surface area contributed by atoms with E-state index in [-0.39, 0.29) is 23.8 Å². The van der Waals surface area contributed by atoms with Crippen molar-refractivity contribution in [3.05, 3.63) is 90.1 Å². The first-order valence-electron chi connectivity index (χ1n) is 10.6. The van der Waals surface area contributed by atoms with E-state index in [2.05, 4.69) is 36.0 Å². The van der Waals surface area contributed by atoms with Crippen LogP contribution in [0.15, 0.2) is 38.6 Å². The summed E-state index contributed by atoms with van der Waals surface area (Å²) in [7, 11) is 1.73. The number of allylic oxidation sites excluding steroid dienone is 1. The quantitative estimate of drug-likeness (QED) is 0.357. The van der Waals surface area contributed by atoms with Gasteiger partial charge in [0, 0.05) is 47.6 Å². The van der Waals surface area contributed by atoms with Crippen LogP contribution in [0.3, 0.4) is 0 Å². The number of rotatable bonds is 6. The highest BCUT2D eigenvalue weighted by molar-refractivity contribution is 6.31. The third-order valence-corrected chi connectivity index (χ3v) is 5.64. The maximum atomic E-state index is 14.5. The minimum atomic E-state index is -1.38. The number of H-pyrrole nitrogens is 1. The molecule has 4 aromatic rings. The van der Waals surface area contributed by atoms with Crippen molar-refractivity contribution in [1.29, 1.82) is 0 Å². The van der Waals surface area contributed by atoms with Crippen molar-refractivity contribution in [1.82, 2.24) is 44.5 Å². The molecule has 3 heterocycles. The fourth-order valence-corrected chi connectivity index (χ4v) is 3.99. The molecule has 0 aliphatic heterocycles. The van der Waals surface area contributed by atoms with E-state index in [4.69, 9.17) is 11.6 Å². The van der Waals surface area contributed by atoms with Crippen LogP contribution < -0.4 is 16.7 Å². The predicted octanol–water partition coefficient (Wildman–Crippen LogP) is 1.60. The van der Waals surface area contributed by atoms with Gasteiger partial charge in [0.15, 0.2) is 17.5 Å². The van der Waals surface area contributed by atoms with E-state index in [0.29, 0.717) is 38.7 Å². The normalized spacial score (nSPS) is 13.1. The number of hydrogen-bond donors (Lipinski definition) is 2. The van der Waals surface area contributed by atoms with Gasteiger partial charge in [0.1, 0.15) is 5.82 Å². The average Bonchev–Trinajstić information content (AvgIpc) is 3.43. The number of halogens is 4. The molecule has 0 bridgehead atoms. The second kappa shape index (κ2) is 9.50. The average molecular weight is 533 g/mol. The molecule has 2 N–H and O–H groups in total. The first-order valence-corrected chi connectivity index (χ1v) is 11.0. The monoisotopic (exact) mass is 532 g/mol. The molecule has 0 unspecified atom stereocenters. The zero-order valence-electron chi connectivity index (χ0n) is 18.9. The Bertz CT molecular complexity index is 1690. The number of nitrogens with zero attached hydrogens (tertiary/aromatic N) is 8. The van der Waals surface area contributed by atoms with Crippen molar-refractivity contribution in [3.8, 4) is 0 Å². The molecule has 3 aromatic heterocycles. The highest BCUT2D eigenvalue weighted by Gasteiger charge is 2.20. The molecule has 12 nitrogen and oxygen atoms in total. The molecule has 190 valence electrons. The molecular weight excluding hydrogens is 517 g/mol. The standard InChI is InChI=1S/C21H16ClF3N10O2/c1-33-7-11-2-13(4-12(22)5-17(11)30-33)26-19-27-20(36)35(9-18-28-31-32-29-18)21(37)34(19)8-10-3-15(24)16(25)6-14(10)23/h2-3,5-7H,4,8-9H2,1H3,(H,26,27,36)(H,28,29,31,32). The second-order valence-electron chi connectivity index (χ2n) is 8.06. The first-order chi connectivity index (χ1) is 17.7.